The normalized spacial score (nSPS) is 12.1. The molecule has 1 unspecified atom stereocenters. The molecule has 1 heteroatoms. The van der Waals surface area contributed by atoms with Crippen LogP contribution in [0.2, 0.25) is 0 Å². The number of benzene rings is 5. The molecule has 1 atom stereocenters. The van der Waals surface area contributed by atoms with E-state index >= 15 is 0 Å². The molecule has 5 rings (SSSR count). The van der Waals surface area contributed by atoms with Crippen LogP contribution in [-0.2, 0) is 12.8 Å². The molecule has 0 aromatic heterocycles. The van der Waals surface area contributed by atoms with Gasteiger partial charge in [0.05, 0.1) is 0 Å². The lowest BCUT2D eigenvalue weighted by Gasteiger charge is -2.12. The summed E-state index contributed by atoms with van der Waals surface area (Å²) in [5, 5.41) is 0. The van der Waals surface area contributed by atoms with Crippen molar-refractivity contribution in [2.75, 3.05) is 0 Å². The average Bonchev–Trinajstić information content (AvgIpc) is 2.98. The van der Waals surface area contributed by atoms with Gasteiger partial charge in [0.1, 0.15) is 5.82 Å². The predicted molar refractivity (Wildman–Crippen MR) is 165 cm³/mol. The molecular weight excluding hydrogens is 475 g/mol. The Balaban J connectivity index is 1.22. The molecule has 0 saturated carbocycles. The Labute approximate surface area is 232 Å². The highest BCUT2D eigenvalue weighted by Crippen LogP contribution is 2.26. The van der Waals surface area contributed by atoms with Crippen molar-refractivity contribution in [1.82, 2.24) is 0 Å². The third kappa shape index (κ3) is 6.81. The van der Waals surface area contributed by atoms with Crippen LogP contribution in [-0.4, -0.2) is 0 Å². The second-order valence-corrected chi connectivity index (χ2v) is 10.4. The third-order valence-electron chi connectivity index (χ3n) is 7.39. The second kappa shape index (κ2) is 12.5. The van der Waals surface area contributed by atoms with Crippen LogP contribution in [0.4, 0.5) is 4.39 Å². The van der Waals surface area contributed by atoms with Gasteiger partial charge in [-0.1, -0.05) is 148 Å². The van der Waals surface area contributed by atoms with E-state index in [-0.39, 0.29) is 5.82 Å². The molecule has 0 fully saturated rings. The Morgan fingerprint density at radius 2 is 1.18 bits per heavy atom. The van der Waals surface area contributed by atoms with Gasteiger partial charge in [0.2, 0.25) is 0 Å². The minimum atomic E-state index is -0.209. The van der Waals surface area contributed by atoms with Crippen LogP contribution in [0.5, 0.6) is 0 Å². The SMILES string of the molecule is CCCc1ccc(-c2ccc(/C=C/c3ccc(-c4ccc(CC(C)c5ccccc5)cc4)cc3)c(F)c2)cc1. The topological polar surface area (TPSA) is 0 Å². The summed E-state index contributed by atoms with van der Waals surface area (Å²) in [7, 11) is 0. The number of hydrogen-bond acceptors (Lipinski definition) is 0. The fourth-order valence-corrected chi connectivity index (χ4v) is 5.05. The van der Waals surface area contributed by atoms with Crippen LogP contribution in [0, 0.1) is 5.82 Å². The zero-order valence-electron chi connectivity index (χ0n) is 22.8. The Hall–Kier alpha value is -4.23. The smallest absolute Gasteiger partial charge is 0.131 e. The van der Waals surface area contributed by atoms with E-state index in [1.54, 1.807) is 6.07 Å². The van der Waals surface area contributed by atoms with Crippen molar-refractivity contribution in [2.24, 2.45) is 0 Å². The Morgan fingerprint density at radius 3 is 1.79 bits per heavy atom. The molecule has 39 heavy (non-hydrogen) atoms. The van der Waals surface area contributed by atoms with Crippen LogP contribution in [0.3, 0.4) is 0 Å². The average molecular weight is 511 g/mol. The predicted octanol–water partition coefficient (Wildman–Crippen LogP) is 10.6. The van der Waals surface area contributed by atoms with E-state index in [1.807, 2.05) is 24.3 Å². The summed E-state index contributed by atoms with van der Waals surface area (Å²) in [6.45, 7) is 4.46. The lowest BCUT2D eigenvalue weighted by Crippen LogP contribution is -1.98. The monoisotopic (exact) mass is 510 g/mol. The molecule has 5 aromatic rings. The third-order valence-corrected chi connectivity index (χ3v) is 7.39. The number of aryl methyl sites for hydroxylation is 1. The molecular formula is C38H35F. The van der Waals surface area contributed by atoms with E-state index in [4.69, 9.17) is 0 Å². The van der Waals surface area contributed by atoms with Crippen molar-refractivity contribution < 1.29 is 4.39 Å². The number of rotatable bonds is 9. The van der Waals surface area contributed by atoms with Crippen molar-refractivity contribution >= 4 is 12.2 Å². The molecule has 0 aliphatic carbocycles. The highest BCUT2D eigenvalue weighted by Gasteiger charge is 2.07. The lowest BCUT2D eigenvalue weighted by molar-refractivity contribution is 0.625. The number of halogens is 1. The van der Waals surface area contributed by atoms with Gasteiger partial charge in [-0.25, -0.2) is 4.39 Å². The molecule has 0 amide bonds. The summed E-state index contributed by atoms with van der Waals surface area (Å²) in [4.78, 5) is 0. The van der Waals surface area contributed by atoms with Gasteiger partial charge in [0.15, 0.2) is 0 Å². The fourth-order valence-electron chi connectivity index (χ4n) is 5.05. The highest BCUT2D eigenvalue weighted by molar-refractivity contribution is 5.74. The first kappa shape index (κ1) is 26.4. The van der Waals surface area contributed by atoms with Crippen molar-refractivity contribution in [3.05, 3.63) is 155 Å². The summed E-state index contributed by atoms with van der Waals surface area (Å²) in [5.41, 5.74) is 9.98. The Morgan fingerprint density at radius 1 is 0.615 bits per heavy atom. The fraction of sp³-hybridized carbons (Fsp3) is 0.158. The maximum absolute atomic E-state index is 14.9. The van der Waals surface area contributed by atoms with Gasteiger partial charge in [-0.15, -0.1) is 0 Å². The van der Waals surface area contributed by atoms with Crippen LogP contribution in [0.25, 0.3) is 34.4 Å². The quantitative estimate of drug-likeness (QED) is 0.173. The first-order valence-electron chi connectivity index (χ1n) is 13.9. The summed E-state index contributed by atoms with van der Waals surface area (Å²) in [6, 6.07) is 41.9. The minimum absolute atomic E-state index is 0.209. The first-order chi connectivity index (χ1) is 19.1. The minimum Gasteiger partial charge on any atom is -0.206 e. The zero-order valence-corrected chi connectivity index (χ0v) is 22.8. The van der Waals surface area contributed by atoms with Gasteiger partial charge < -0.3 is 0 Å². The number of hydrogen-bond donors (Lipinski definition) is 0. The van der Waals surface area contributed by atoms with Crippen molar-refractivity contribution in [3.63, 3.8) is 0 Å². The van der Waals surface area contributed by atoms with E-state index in [1.165, 1.54) is 27.8 Å². The maximum atomic E-state index is 14.9. The molecule has 0 aliphatic heterocycles. The Kier molecular flexibility index (Phi) is 8.48. The molecule has 0 spiro atoms. The van der Waals surface area contributed by atoms with Crippen LogP contribution in [0.15, 0.2) is 121 Å². The summed E-state index contributed by atoms with van der Waals surface area (Å²) >= 11 is 0. The van der Waals surface area contributed by atoms with E-state index < -0.39 is 0 Å². The van der Waals surface area contributed by atoms with E-state index in [0.717, 1.165) is 36.0 Å². The lowest BCUT2D eigenvalue weighted by atomic mass is 9.93. The molecule has 0 saturated heterocycles. The van der Waals surface area contributed by atoms with Gasteiger partial charge in [0.25, 0.3) is 0 Å². The summed E-state index contributed by atoms with van der Waals surface area (Å²) in [5.74, 6) is 0.279. The van der Waals surface area contributed by atoms with E-state index in [9.17, 15) is 4.39 Å². The molecule has 0 radical (unpaired) electrons. The molecule has 0 N–H and O–H groups in total. The molecule has 5 aromatic carbocycles. The van der Waals surface area contributed by atoms with Gasteiger partial charge in [-0.2, -0.15) is 0 Å². The van der Waals surface area contributed by atoms with Crippen molar-refractivity contribution in [3.8, 4) is 22.3 Å². The molecule has 0 bridgehead atoms. The maximum Gasteiger partial charge on any atom is 0.131 e. The van der Waals surface area contributed by atoms with Crippen molar-refractivity contribution in [1.29, 1.82) is 0 Å². The van der Waals surface area contributed by atoms with Crippen LogP contribution >= 0.6 is 0 Å². The molecule has 0 nitrogen and oxygen atoms in total. The van der Waals surface area contributed by atoms with Crippen LogP contribution < -0.4 is 0 Å². The van der Waals surface area contributed by atoms with Gasteiger partial charge in [-0.05, 0) is 69.3 Å². The van der Waals surface area contributed by atoms with E-state index in [0.29, 0.717) is 11.5 Å². The van der Waals surface area contributed by atoms with Gasteiger partial charge in [-0.3, -0.25) is 0 Å². The van der Waals surface area contributed by atoms with Gasteiger partial charge in [0, 0.05) is 5.56 Å². The standard InChI is InChI=1S/C38H35F/c1-3-7-29-10-19-35(20-11-29)37-25-24-36(38(39)27-37)23-14-30-12-17-33(18-13-30)34-21-15-31(16-22-34)26-28(2)32-8-5-4-6-9-32/h4-6,8-25,27-28H,3,7,26H2,1-2H3/b23-14+. The molecule has 0 aliphatic rings. The largest absolute Gasteiger partial charge is 0.206 e. The zero-order chi connectivity index (χ0) is 27.0. The molecule has 0 heterocycles. The Bertz CT molecular complexity index is 1510. The molecule has 194 valence electrons. The second-order valence-electron chi connectivity index (χ2n) is 10.4. The summed E-state index contributed by atoms with van der Waals surface area (Å²) < 4.78 is 14.9. The van der Waals surface area contributed by atoms with E-state index in [2.05, 4.69) is 117 Å². The first-order valence-corrected chi connectivity index (χ1v) is 13.9. The van der Waals surface area contributed by atoms with Crippen molar-refractivity contribution in [2.45, 2.75) is 39.0 Å². The highest BCUT2D eigenvalue weighted by atomic mass is 19.1. The van der Waals surface area contributed by atoms with Gasteiger partial charge >= 0.3 is 0 Å². The van der Waals surface area contributed by atoms with Crippen LogP contribution in [0.1, 0.15) is 54.0 Å². The summed E-state index contributed by atoms with van der Waals surface area (Å²) in [6.07, 6.45) is 7.04.